The van der Waals surface area contributed by atoms with Gasteiger partial charge in [0.15, 0.2) is 6.10 Å². The molecule has 0 aromatic carbocycles. The van der Waals surface area contributed by atoms with Crippen LogP contribution in [-0.4, -0.2) is 60.0 Å². The van der Waals surface area contributed by atoms with E-state index in [9.17, 15) is 4.79 Å². The number of hydrogen-bond acceptors (Lipinski definition) is 4. The maximum absolute atomic E-state index is 12.4. The van der Waals surface area contributed by atoms with Crippen molar-refractivity contribution in [3.8, 4) is 0 Å². The summed E-state index contributed by atoms with van der Waals surface area (Å²) < 4.78 is 10.8. The van der Waals surface area contributed by atoms with Gasteiger partial charge in [-0.2, -0.15) is 5.10 Å². The first-order valence-corrected chi connectivity index (χ1v) is 6.82. The van der Waals surface area contributed by atoms with Gasteiger partial charge in [-0.3, -0.25) is 9.89 Å². The molecule has 2 fully saturated rings. The summed E-state index contributed by atoms with van der Waals surface area (Å²) in [6.45, 7) is 3.02. The van der Waals surface area contributed by atoms with Crippen LogP contribution < -0.4 is 0 Å². The molecule has 0 aliphatic carbocycles. The maximum Gasteiger partial charge on any atom is 0.254 e. The molecule has 3 heterocycles. The van der Waals surface area contributed by atoms with E-state index in [0.29, 0.717) is 25.7 Å². The Morgan fingerprint density at radius 2 is 2.42 bits per heavy atom. The molecule has 19 heavy (non-hydrogen) atoms. The molecule has 0 spiro atoms. The van der Waals surface area contributed by atoms with Crippen molar-refractivity contribution >= 4 is 5.91 Å². The highest BCUT2D eigenvalue weighted by Crippen LogP contribution is 2.26. The van der Waals surface area contributed by atoms with Gasteiger partial charge in [0, 0.05) is 30.9 Å². The van der Waals surface area contributed by atoms with Crippen LogP contribution in [0.2, 0.25) is 0 Å². The molecule has 0 bridgehead atoms. The lowest BCUT2D eigenvalue weighted by atomic mass is 9.94. The zero-order valence-corrected chi connectivity index (χ0v) is 10.9. The lowest BCUT2D eigenvalue weighted by Crippen LogP contribution is -2.48. The van der Waals surface area contributed by atoms with Gasteiger partial charge in [-0.15, -0.1) is 0 Å². The number of rotatable bonds is 2. The van der Waals surface area contributed by atoms with E-state index in [1.807, 2.05) is 11.0 Å². The maximum atomic E-state index is 12.4. The van der Waals surface area contributed by atoms with Gasteiger partial charge in [-0.1, -0.05) is 0 Å². The summed E-state index contributed by atoms with van der Waals surface area (Å²) in [5.74, 6) is 0.411. The summed E-state index contributed by atoms with van der Waals surface area (Å²) in [6, 6.07) is 1.98. The van der Waals surface area contributed by atoms with Gasteiger partial charge in [0.25, 0.3) is 5.91 Å². The fourth-order valence-corrected chi connectivity index (χ4v) is 2.76. The highest BCUT2D eigenvalue weighted by Gasteiger charge is 2.31. The molecular weight excluding hydrogens is 246 g/mol. The molecule has 1 amide bonds. The number of aromatic amines is 1. The van der Waals surface area contributed by atoms with Crippen LogP contribution in [0.15, 0.2) is 12.3 Å². The highest BCUT2D eigenvalue weighted by molar-refractivity contribution is 5.81. The van der Waals surface area contributed by atoms with Crippen LogP contribution in [-0.2, 0) is 14.3 Å². The first kappa shape index (κ1) is 12.6. The van der Waals surface area contributed by atoms with Crippen LogP contribution in [0.1, 0.15) is 24.5 Å². The molecule has 6 heteroatoms. The molecular formula is C13H19N3O3. The molecule has 2 aliphatic rings. The van der Waals surface area contributed by atoms with E-state index in [1.165, 1.54) is 0 Å². The van der Waals surface area contributed by atoms with Crippen LogP contribution in [0.4, 0.5) is 0 Å². The predicted octanol–water partition coefficient (Wildman–Crippen LogP) is 0.531. The van der Waals surface area contributed by atoms with Gasteiger partial charge < -0.3 is 14.4 Å². The Bertz CT molecular complexity index is 415. The lowest BCUT2D eigenvalue weighted by Gasteiger charge is -2.35. The van der Waals surface area contributed by atoms with Crippen molar-refractivity contribution in [3.63, 3.8) is 0 Å². The number of hydrogen-bond donors (Lipinski definition) is 1. The van der Waals surface area contributed by atoms with E-state index < -0.39 is 6.10 Å². The van der Waals surface area contributed by atoms with E-state index in [1.54, 1.807) is 6.20 Å². The summed E-state index contributed by atoms with van der Waals surface area (Å²) in [5, 5.41) is 6.99. The number of carbonyl (C=O) groups is 1. The SMILES string of the molecule is O=C([C@H]1COCCO1)N1CCC[C@H](c2ccn[nH]2)C1. The van der Waals surface area contributed by atoms with Gasteiger partial charge in [-0.25, -0.2) is 0 Å². The Hall–Kier alpha value is -1.40. The first-order chi connectivity index (χ1) is 9.34. The molecule has 2 aliphatic heterocycles. The van der Waals surface area contributed by atoms with Crippen LogP contribution in [0, 0.1) is 0 Å². The summed E-state index contributed by atoms with van der Waals surface area (Å²) >= 11 is 0. The number of likely N-dealkylation sites (tertiary alicyclic amines) is 1. The fourth-order valence-electron chi connectivity index (χ4n) is 2.76. The van der Waals surface area contributed by atoms with E-state index in [0.717, 1.165) is 31.6 Å². The van der Waals surface area contributed by atoms with Gasteiger partial charge >= 0.3 is 0 Å². The monoisotopic (exact) mass is 265 g/mol. The van der Waals surface area contributed by atoms with E-state index in [2.05, 4.69) is 10.2 Å². The molecule has 3 rings (SSSR count). The summed E-state index contributed by atoms with van der Waals surface area (Å²) in [6.07, 6.45) is 3.44. The number of amides is 1. The minimum Gasteiger partial charge on any atom is -0.376 e. The summed E-state index contributed by atoms with van der Waals surface area (Å²) in [4.78, 5) is 14.3. The number of aromatic nitrogens is 2. The van der Waals surface area contributed by atoms with Gasteiger partial charge in [0.05, 0.1) is 19.8 Å². The number of ether oxygens (including phenoxy) is 2. The van der Waals surface area contributed by atoms with Crippen molar-refractivity contribution in [1.29, 1.82) is 0 Å². The smallest absolute Gasteiger partial charge is 0.254 e. The average Bonchev–Trinajstić information content (AvgIpc) is 3.02. The summed E-state index contributed by atoms with van der Waals surface area (Å²) in [7, 11) is 0. The zero-order chi connectivity index (χ0) is 13.1. The summed E-state index contributed by atoms with van der Waals surface area (Å²) in [5.41, 5.74) is 1.11. The Kier molecular flexibility index (Phi) is 3.79. The second kappa shape index (κ2) is 5.71. The molecule has 0 saturated carbocycles. The minimum atomic E-state index is -0.422. The standard InChI is InChI=1S/C13H19N3O3/c17-13(12-9-18-6-7-19-12)16-5-1-2-10(8-16)11-3-4-14-15-11/h3-4,10,12H,1-2,5-9H2,(H,14,15)/t10-,12+/m0/s1. The van der Waals surface area contributed by atoms with Crippen molar-refractivity contribution in [1.82, 2.24) is 15.1 Å². The lowest BCUT2D eigenvalue weighted by molar-refractivity contribution is -0.159. The Balaban J connectivity index is 1.62. The Labute approximate surface area is 112 Å². The predicted molar refractivity (Wildman–Crippen MR) is 67.7 cm³/mol. The van der Waals surface area contributed by atoms with Crippen LogP contribution in [0.5, 0.6) is 0 Å². The van der Waals surface area contributed by atoms with Crippen molar-refractivity contribution in [3.05, 3.63) is 18.0 Å². The second-order valence-corrected chi connectivity index (χ2v) is 5.07. The first-order valence-electron chi connectivity index (χ1n) is 6.82. The third-order valence-corrected chi connectivity index (χ3v) is 3.79. The van der Waals surface area contributed by atoms with Crippen LogP contribution >= 0.6 is 0 Å². The fraction of sp³-hybridized carbons (Fsp3) is 0.692. The quantitative estimate of drug-likeness (QED) is 0.847. The molecule has 0 radical (unpaired) electrons. The largest absolute Gasteiger partial charge is 0.376 e. The number of nitrogens with one attached hydrogen (secondary N) is 1. The van der Waals surface area contributed by atoms with Crippen molar-refractivity contribution in [2.75, 3.05) is 32.9 Å². The van der Waals surface area contributed by atoms with E-state index in [-0.39, 0.29) is 5.91 Å². The third kappa shape index (κ3) is 2.79. The molecule has 1 aromatic heterocycles. The highest BCUT2D eigenvalue weighted by atomic mass is 16.6. The van der Waals surface area contributed by atoms with Gasteiger partial charge in [-0.05, 0) is 18.9 Å². The minimum absolute atomic E-state index is 0.0592. The zero-order valence-electron chi connectivity index (χ0n) is 10.9. The topological polar surface area (TPSA) is 67.5 Å². The Morgan fingerprint density at radius 3 is 3.16 bits per heavy atom. The number of piperidine rings is 1. The van der Waals surface area contributed by atoms with Crippen molar-refractivity contribution in [2.24, 2.45) is 0 Å². The van der Waals surface area contributed by atoms with Crippen LogP contribution in [0.25, 0.3) is 0 Å². The average molecular weight is 265 g/mol. The molecule has 1 N–H and O–H groups in total. The van der Waals surface area contributed by atoms with Gasteiger partial charge in [0.2, 0.25) is 0 Å². The molecule has 1 aromatic rings. The van der Waals surface area contributed by atoms with E-state index in [4.69, 9.17) is 9.47 Å². The molecule has 104 valence electrons. The molecule has 2 atom stereocenters. The molecule has 2 saturated heterocycles. The third-order valence-electron chi connectivity index (χ3n) is 3.79. The Morgan fingerprint density at radius 1 is 1.47 bits per heavy atom. The van der Waals surface area contributed by atoms with Crippen LogP contribution in [0.3, 0.4) is 0 Å². The van der Waals surface area contributed by atoms with Crippen molar-refractivity contribution < 1.29 is 14.3 Å². The number of carbonyl (C=O) groups excluding carboxylic acids is 1. The van der Waals surface area contributed by atoms with E-state index >= 15 is 0 Å². The van der Waals surface area contributed by atoms with Crippen molar-refractivity contribution in [2.45, 2.75) is 24.9 Å². The second-order valence-electron chi connectivity index (χ2n) is 5.07. The molecule has 6 nitrogen and oxygen atoms in total. The molecule has 0 unspecified atom stereocenters. The number of H-pyrrole nitrogens is 1. The normalized spacial score (nSPS) is 28.3. The van der Waals surface area contributed by atoms with Gasteiger partial charge in [0.1, 0.15) is 0 Å². The number of nitrogens with zero attached hydrogens (tertiary/aromatic N) is 2.